The molecule has 0 atom stereocenters. The Morgan fingerprint density at radius 3 is 2.00 bits per heavy atom. The van der Waals surface area contributed by atoms with Crippen LogP contribution in [-0.2, 0) is 14.1 Å². The molecular formula is C22H14F2N2O2. The van der Waals surface area contributed by atoms with Crippen LogP contribution in [-0.4, -0.2) is 9.13 Å². The van der Waals surface area contributed by atoms with Crippen LogP contribution in [0.25, 0.3) is 43.6 Å². The maximum atomic E-state index is 14.4. The Hall–Kier alpha value is -3.54. The standard InChI is InChI=1S/C22H14F2N2O2/c1-25-16-6-4-3-5-11(16)21(27)13-10-18-14(9-17(13)25)22(28)12-7-8-15(23)19(24)20(12)26(18)2/h3-10H,1-2H3. The summed E-state index contributed by atoms with van der Waals surface area (Å²) >= 11 is 0. The Balaban J connectivity index is 2.11. The van der Waals surface area contributed by atoms with E-state index < -0.39 is 17.1 Å². The van der Waals surface area contributed by atoms with Gasteiger partial charge in [0.15, 0.2) is 22.5 Å². The lowest BCUT2D eigenvalue weighted by atomic mass is 10.0. The molecule has 0 N–H and O–H groups in total. The Bertz CT molecular complexity index is 1600. The molecule has 5 aromatic rings. The summed E-state index contributed by atoms with van der Waals surface area (Å²) in [7, 11) is 3.39. The molecule has 5 rings (SSSR count). The van der Waals surface area contributed by atoms with Crippen molar-refractivity contribution in [1.82, 2.24) is 9.13 Å². The molecule has 138 valence electrons. The minimum absolute atomic E-state index is 0.0963. The first-order valence-electron chi connectivity index (χ1n) is 8.72. The molecule has 0 fully saturated rings. The maximum Gasteiger partial charge on any atom is 0.197 e. The highest BCUT2D eigenvalue weighted by Crippen LogP contribution is 2.26. The molecule has 0 bridgehead atoms. The van der Waals surface area contributed by atoms with Gasteiger partial charge >= 0.3 is 0 Å². The molecule has 0 aliphatic rings. The van der Waals surface area contributed by atoms with E-state index >= 15 is 0 Å². The van der Waals surface area contributed by atoms with Crippen molar-refractivity contribution in [3.05, 3.63) is 80.6 Å². The fraction of sp³-hybridized carbons (Fsp3) is 0.0909. The Morgan fingerprint density at radius 1 is 0.679 bits per heavy atom. The summed E-state index contributed by atoms with van der Waals surface area (Å²) in [6, 6.07) is 12.7. The maximum absolute atomic E-state index is 14.4. The van der Waals surface area contributed by atoms with Crippen LogP contribution >= 0.6 is 0 Å². The van der Waals surface area contributed by atoms with Gasteiger partial charge in [0.2, 0.25) is 0 Å². The van der Waals surface area contributed by atoms with E-state index in [-0.39, 0.29) is 16.3 Å². The van der Waals surface area contributed by atoms with E-state index in [1.54, 1.807) is 31.3 Å². The normalized spacial score (nSPS) is 11.9. The molecule has 2 aromatic heterocycles. The summed E-state index contributed by atoms with van der Waals surface area (Å²) in [5.41, 5.74) is 1.05. The molecule has 2 heterocycles. The minimum atomic E-state index is -1.08. The second-order valence-electron chi connectivity index (χ2n) is 6.94. The van der Waals surface area contributed by atoms with E-state index in [2.05, 4.69) is 0 Å². The molecule has 0 spiro atoms. The number of halogens is 2. The molecule has 0 radical (unpaired) electrons. The molecule has 0 aliphatic carbocycles. The number of para-hydroxylation sites is 1. The third-order valence-corrected chi connectivity index (χ3v) is 5.49. The summed E-state index contributed by atoms with van der Waals surface area (Å²) in [6.07, 6.45) is 0. The summed E-state index contributed by atoms with van der Waals surface area (Å²) in [6.45, 7) is 0. The predicted molar refractivity (Wildman–Crippen MR) is 107 cm³/mol. The van der Waals surface area contributed by atoms with Gasteiger partial charge in [-0.1, -0.05) is 12.1 Å². The lowest BCUT2D eigenvalue weighted by Crippen LogP contribution is -2.14. The number of pyridine rings is 2. The van der Waals surface area contributed by atoms with Crippen LogP contribution in [0.1, 0.15) is 0 Å². The zero-order chi connectivity index (χ0) is 19.7. The Labute approximate surface area is 156 Å². The van der Waals surface area contributed by atoms with E-state index in [0.717, 1.165) is 11.6 Å². The average molecular weight is 376 g/mol. The predicted octanol–water partition coefficient (Wildman–Crippen LogP) is 3.98. The second-order valence-corrected chi connectivity index (χ2v) is 6.94. The molecule has 28 heavy (non-hydrogen) atoms. The van der Waals surface area contributed by atoms with Gasteiger partial charge in [-0.25, -0.2) is 8.78 Å². The van der Waals surface area contributed by atoms with Crippen LogP contribution in [0.3, 0.4) is 0 Å². The summed E-state index contributed by atoms with van der Waals surface area (Å²) < 4.78 is 31.5. The lowest BCUT2D eigenvalue weighted by Gasteiger charge is -2.15. The van der Waals surface area contributed by atoms with Gasteiger partial charge in [-0.2, -0.15) is 0 Å². The van der Waals surface area contributed by atoms with Crippen molar-refractivity contribution in [2.75, 3.05) is 0 Å². The molecular weight excluding hydrogens is 362 g/mol. The van der Waals surface area contributed by atoms with Crippen LogP contribution in [0.15, 0.2) is 58.1 Å². The van der Waals surface area contributed by atoms with Gasteiger partial charge in [-0.05, 0) is 36.4 Å². The van der Waals surface area contributed by atoms with Gasteiger partial charge in [0.05, 0.1) is 22.1 Å². The summed E-state index contributed by atoms with van der Waals surface area (Å²) in [5.74, 6) is -2.10. The monoisotopic (exact) mass is 376 g/mol. The molecule has 6 heteroatoms. The fourth-order valence-electron chi connectivity index (χ4n) is 4.05. The van der Waals surface area contributed by atoms with Crippen molar-refractivity contribution in [2.24, 2.45) is 14.1 Å². The molecule has 0 saturated carbocycles. The molecule has 0 amide bonds. The number of rotatable bonds is 0. The van der Waals surface area contributed by atoms with Crippen molar-refractivity contribution in [3.8, 4) is 0 Å². The largest absolute Gasteiger partial charge is 0.343 e. The van der Waals surface area contributed by atoms with E-state index in [9.17, 15) is 18.4 Å². The smallest absolute Gasteiger partial charge is 0.197 e. The van der Waals surface area contributed by atoms with E-state index in [4.69, 9.17) is 0 Å². The van der Waals surface area contributed by atoms with Gasteiger partial charge in [-0.15, -0.1) is 0 Å². The fourth-order valence-corrected chi connectivity index (χ4v) is 4.05. The molecule has 0 unspecified atom stereocenters. The van der Waals surface area contributed by atoms with Gasteiger partial charge in [-0.3, -0.25) is 9.59 Å². The number of aryl methyl sites for hydroxylation is 2. The van der Waals surface area contributed by atoms with Crippen LogP contribution in [0.2, 0.25) is 0 Å². The number of aromatic nitrogens is 2. The third-order valence-electron chi connectivity index (χ3n) is 5.49. The summed E-state index contributed by atoms with van der Waals surface area (Å²) in [4.78, 5) is 26.0. The highest BCUT2D eigenvalue weighted by Gasteiger charge is 2.18. The lowest BCUT2D eigenvalue weighted by molar-refractivity contribution is 0.513. The minimum Gasteiger partial charge on any atom is -0.343 e. The Morgan fingerprint density at radius 2 is 1.29 bits per heavy atom. The van der Waals surface area contributed by atoms with Crippen molar-refractivity contribution >= 4 is 43.6 Å². The SMILES string of the molecule is Cn1c2ccccc2c(=O)c2cc3c(cc21)c(=O)c1ccc(F)c(F)c1n3C. The molecule has 4 nitrogen and oxygen atoms in total. The van der Waals surface area contributed by atoms with E-state index in [0.29, 0.717) is 27.2 Å². The first-order chi connectivity index (χ1) is 13.4. The first-order valence-corrected chi connectivity index (χ1v) is 8.72. The van der Waals surface area contributed by atoms with Crippen LogP contribution in [0, 0.1) is 11.6 Å². The second kappa shape index (κ2) is 5.48. The van der Waals surface area contributed by atoms with Gasteiger partial charge in [0.1, 0.15) is 0 Å². The van der Waals surface area contributed by atoms with E-state index in [1.807, 2.05) is 23.7 Å². The number of hydrogen-bond donors (Lipinski definition) is 0. The molecule has 0 aliphatic heterocycles. The quantitative estimate of drug-likeness (QED) is 0.384. The molecule has 3 aromatic carbocycles. The summed E-state index contributed by atoms with van der Waals surface area (Å²) in [5, 5.41) is 1.41. The van der Waals surface area contributed by atoms with Gasteiger partial charge < -0.3 is 9.13 Å². The number of nitrogens with zero attached hydrogens (tertiary/aromatic N) is 2. The third kappa shape index (κ3) is 1.97. The highest BCUT2D eigenvalue weighted by molar-refractivity contribution is 6.03. The van der Waals surface area contributed by atoms with Gasteiger partial charge in [0.25, 0.3) is 0 Å². The highest BCUT2D eigenvalue weighted by atomic mass is 19.2. The van der Waals surface area contributed by atoms with Crippen LogP contribution in [0.5, 0.6) is 0 Å². The number of hydrogen-bond acceptors (Lipinski definition) is 2. The number of benzene rings is 3. The van der Waals surface area contributed by atoms with Crippen molar-refractivity contribution in [2.45, 2.75) is 0 Å². The zero-order valence-corrected chi connectivity index (χ0v) is 15.1. The Kier molecular flexibility index (Phi) is 3.25. The van der Waals surface area contributed by atoms with Crippen molar-refractivity contribution < 1.29 is 8.78 Å². The van der Waals surface area contributed by atoms with Crippen LogP contribution < -0.4 is 10.9 Å². The van der Waals surface area contributed by atoms with E-state index in [1.165, 1.54) is 10.6 Å². The van der Waals surface area contributed by atoms with Gasteiger partial charge in [0, 0.05) is 35.6 Å². The molecule has 0 saturated heterocycles. The average Bonchev–Trinajstić information content (AvgIpc) is 2.71. The van der Waals surface area contributed by atoms with Crippen molar-refractivity contribution in [1.29, 1.82) is 0 Å². The van der Waals surface area contributed by atoms with Crippen LogP contribution in [0.4, 0.5) is 8.78 Å². The topological polar surface area (TPSA) is 44.0 Å². The zero-order valence-electron chi connectivity index (χ0n) is 15.1. The van der Waals surface area contributed by atoms with Crippen molar-refractivity contribution in [3.63, 3.8) is 0 Å². The number of fused-ring (bicyclic) bond motifs is 4. The first kappa shape index (κ1) is 16.6.